The van der Waals surface area contributed by atoms with Crippen LogP contribution in [0.5, 0.6) is 0 Å². The first-order chi connectivity index (χ1) is 7.47. The van der Waals surface area contributed by atoms with Gasteiger partial charge >= 0.3 is 0 Å². The number of rotatable bonds is 0. The van der Waals surface area contributed by atoms with Crippen LogP contribution < -0.4 is 0 Å². The average molecular weight is 222 g/mol. The van der Waals surface area contributed by atoms with E-state index in [4.69, 9.17) is 4.74 Å². The number of hydrogen-bond acceptors (Lipinski definition) is 1. The van der Waals surface area contributed by atoms with Gasteiger partial charge in [0.05, 0.1) is 12.2 Å². The molecular formula is C15H26O. The summed E-state index contributed by atoms with van der Waals surface area (Å²) in [6.45, 7) is 9.88. The van der Waals surface area contributed by atoms with Crippen LogP contribution in [-0.4, -0.2) is 12.2 Å². The van der Waals surface area contributed by atoms with Crippen LogP contribution in [0.15, 0.2) is 0 Å². The number of hydrogen-bond donors (Lipinski definition) is 0. The highest BCUT2D eigenvalue weighted by molar-refractivity contribution is 5.10. The fourth-order valence-corrected chi connectivity index (χ4v) is 4.84. The minimum atomic E-state index is 0.450. The van der Waals surface area contributed by atoms with Crippen LogP contribution in [0.1, 0.15) is 59.8 Å². The van der Waals surface area contributed by atoms with E-state index in [1.807, 2.05) is 0 Å². The van der Waals surface area contributed by atoms with E-state index < -0.39 is 0 Å². The zero-order chi connectivity index (χ0) is 11.6. The Morgan fingerprint density at radius 2 is 1.69 bits per heavy atom. The Labute approximate surface area is 99.9 Å². The lowest BCUT2D eigenvalue weighted by Gasteiger charge is -2.58. The van der Waals surface area contributed by atoms with Gasteiger partial charge in [0.15, 0.2) is 0 Å². The van der Waals surface area contributed by atoms with Gasteiger partial charge in [-0.3, -0.25) is 0 Å². The van der Waals surface area contributed by atoms with Crippen molar-refractivity contribution >= 4 is 0 Å². The molecule has 1 aliphatic heterocycles. The normalized spacial score (nSPS) is 60.8. The van der Waals surface area contributed by atoms with Crippen molar-refractivity contribution in [2.75, 3.05) is 0 Å². The van der Waals surface area contributed by atoms with E-state index in [2.05, 4.69) is 27.7 Å². The molecule has 1 saturated heterocycles. The molecule has 0 N–H and O–H groups in total. The lowest BCUT2D eigenvalue weighted by Crippen LogP contribution is -2.57. The monoisotopic (exact) mass is 222 g/mol. The minimum Gasteiger partial charge on any atom is -0.374 e. The van der Waals surface area contributed by atoms with Gasteiger partial charge in [0.25, 0.3) is 0 Å². The number of ether oxygens (including phenoxy) is 1. The Morgan fingerprint density at radius 1 is 1.00 bits per heavy atom. The first-order valence-electron chi connectivity index (χ1n) is 7.13. The molecule has 0 amide bonds. The van der Waals surface area contributed by atoms with E-state index in [0.717, 1.165) is 11.8 Å². The van der Waals surface area contributed by atoms with Crippen molar-refractivity contribution in [1.82, 2.24) is 0 Å². The largest absolute Gasteiger partial charge is 0.374 e. The van der Waals surface area contributed by atoms with E-state index in [1.165, 1.54) is 32.1 Å². The van der Waals surface area contributed by atoms with E-state index in [1.54, 1.807) is 0 Å². The Bertz CT molecular complexity index is 300. The van der Waals surface area contributed by atoms with Crippen molar-refractivity contribution in [1.29, 1.82) is 0 Å². The SMILES string of the molecule is CC1CC[C@@]2(C)[C@@H](C1)O[C@H]1CCC2(C)[C@@H]1C. The molecule has 3 rings (SSSR count). The second-order valence-electron chi connectivity index (χ2n) is 7.21. The summed E-state index contributed by atoms with van der Waals surface area (Å²) in [5, 5.41) is 0. The Balaban J connectivity index is 1.98. The topological polar surface area (TPSA) is 9.23 Å². The third-order valence-electron chi connectivity index (χ3n) is 6.64. The van der Waals surface area contributed by atoms with Gasteiger partial charge in [-0.05, 0) is 54.8 Å². The smallest absolute Gasteiger partial charge is 0.0640 e. The molecule has 0 aromatic rings. The van der Waals surface area contributed by atoms with Crippen LogP contribution in [0.2, 0.25) is 0 Å². The Hall–Kier alpha value is -0.0400. The maximum Gasteiger partial charge on any atom is 0.0640 e. The summed E-state index contributed by atoms with van der Waals surface area (Å²) < 4.78 is 6.43. The molecule has 0 aromatic carbocycles. The summed E-state index contributed by atoms with van der Waals surface area (Å²) >= 11 is 0. The van der Waals surface area contributed by atoms with Crippen molar-refractivity contribution in [2.45, 2.75) is 72.0 Å². The zero-order valence-electron chi connectivity index (χ0n) is 11.3. The second-order valence-corrected chi connectivity index (χ2v) is 7.21. The summed E-state index contributed by atoms with van der Waals surface area (Å²) in [5.74, 6) is 1.64. The van der Waals surface area contributed by atoms with Crippen LogP contribution >= 0.6 is 0 Å². The second kappa shape index (κ2) is 3.25. The Morgan fingerprint density at radius 3 is 2.44 bits per heavy atom. The summed E-state index contributed by atoms with van der Waals surface area (Å²) in [6, 6.07) is 0. The summed E-state index contributed by atoms with van der Waals surface area (Å²) in [6.07, 6.45) is 7.89. The van der Waals surface area contributed by atoms with Crippen molar-refractivity contribution < 1.29 is 4.74 Å². The third kappa shape index (κ3) is 1.16. The van der Waals surface area contributed by atoms with Gasteiger partial charge in [0.1, 0.15) is 0 Å². The molecule has 2 aliphatic carbocycles. The van der Waals surface area contributed by atoms with Gasteiger partial charge in [-0.1, -0.05) is 27.7 Å². The molecule has 92 valence electrons. The highest BCUT2D eigenvalue weighted by atomic mass is 16.5. The highest BCUT2D eigenvalue weighted by Crippen LogP contribution is 2.65. The van der Waals surface area contributed by atoms with Crippen LogP contribution in [0.4, 0.5) is 0 Å². The van der Waals surface area contributed by atoms with E-state index in [0.29, 0.717) is 23.0 Å². The predicted octanol–water partition coefficient (Wildman–Crippen LogP) is 4.02. The summed E-state index contributed by atoms with van der Waals surface area (Å²) in [4.78, 5) is 0. The van der Waals surface area contributed by atoms with Crippen molar-refractivity contribution in [3.63, 3.8) is 0 Å². The highest BCUT2D eigenvalue weighted by Gasteiger charge is 2.62. The lowest BCUT2D eigenvalue weighted by molar-refractivity contribution is -0.210. The molecule has 6 atom stereocenters. The standard InChI is InChI=1S/C15H26O/c1-10-5-7-15(4)13(9-10)16-12-6-8-14(15,3)11(12)2/h10-13H,5-9H2,1-4H3/t10?,11-,12+,13-,14?,15+/m1/s1. The summed E-state index contributed by atoms with van der Waals surface area (Å²) in [7, 11) is 0. The van der Waals surface area contributed by atoms with E-state index in [-0.39, 0.29) is 0 Å². The zero-order valence-corrected chi connectivity index (χ0v) is 11.3. The molecule has 0 radical (unpaired) electrons. The van der Waals surface area contributed by atoms with Crippen LogP contribution in [-0.2, 0) is 4.74 Å². The first-order valence-corrected chi connectivity index (χ1v) is 7.13. The summed E-state index contributed by atoms with van der Waals surface area (Å²) in [5.41, 5.74) is 0.993. The van der Waals surface area contributed by atoms with Crippen molar-refractivity contribution in [3.05, 3.63) is 0 Å². The molecule has 2 bridgehead atoms. The van der Waals surface area contributed by atoms with Gasteiger partial charge in [0.2, 0.25) is 0 Å². The van der Waals surface area contributed by atoms with Crippen molar-refractivity contribution in [2.24, 2.45) is 22.7 Å². The molecule has 3 aliphatic rings. The predicted molar refractivity (Wildman–Crippen MR) is 66.3 cm³/mol. The van der Waals surface area contributed by atoms with Gasteiger partial charge in [-0.25, -0.2) is 0 Å². The first kappa shape index (κ1) is 11.1. The molecule has 2 unspecified atom stereocenters. The molecule has 0 spiro atoms. The van der Waals surface area contributed by atoms with Gasteiger partial charge < -0.3 is 4.74 Å². The maximum absolute atomic E-state index is 6.43. The molecule has 1 heterocycles. The Kier molecular flexibility index (Phi) is 2.25. The maximum atomic E-state index is 6.43. The number of fused-ring (bicyclic) bond motifs is 4. The molecule has 16 heavy (non-hydrogen) atoms. The minimum absolute atomic E-state index is 0.450. The van der Waals surface area contributed by atoms with Crippen LogP contribution in [0.3, 0.4) is 0 Å². The van der Waals surface area contributed by atoms with Crippen molar-refractivity contribution in [3.8, 4) is 0 Å². The third-order valence-corrected chi connectivity index (χ3v) is 6.64. The molecule has 0 aromatic heterocycles. The molecule has 1 nitrogen and oxygen atoms in total. The fourth-order valence-electron chi connectivity index (χ4n) is 4.84. The van der Waals surface area contributed by atoms with Crippen LogP contribution in [0.25, 0.3) is 0 Å². The van der Waals surface area contributed by atoms with Crippen LogP contribution in [0, 0.1) is 22.7 Å². The molecule has 2 saturated carbocycles. The van der Waals surface area contributed by atoms with E-state index in [9.17, 15) is 0 Å². The average Bonchev–Trinajstić information content (AvgIpc) is 2.46. The van der Waals surface area contributed by atoms with Gasteiger partial charge in [-0.15, -0.1) is 0 Å². The quantitative estimate of drug-likeness (QED) is 0.601. The van der Waals surface area contributed by atoms with E-state index >= 15 is 0 Å². The molecule has 1 heteroatoms. The molecular weight excluding hydrogens is 196 g/mol. The fraction of sp³-hybridized carbons (Fsp3) is 1.00. The molecule has 3 fully saturated rings. The van der Waals surface area contributed by atoms with Gasteiger partial charge in [0, 0.05) is 0 Å². The van der Waals surface area contributed by atoms with Gasteiger partial charge in [-0.2, -0.15) is 0 Å². The lowest BCUT2D eigenvalue weighted by atomic mass is 9.52.